The summed E-state index contributed by atoms with van der Waals surface area (Å²) in [5.41, 5.74) is 2.07. The van der Waals surface area contributed by atoms with Crippen LogP contribution in [0.25, 0.3) is 0 Å². The van der Waals surface area contributed by atoms with E-state index in [1.54, 1.807) is 12.1 Å². The van der Waals surface area contributed by atoms with Crippen LogP contribution >= 0.6 is 22.9 Å². The zero-order chi connectivity index (χ0) is 14.8. The van der Waals surface area contributed by atoms with Crippen molar-refractivity contribution < 1.29 is 4.39 Å². The van der Waals surface area contributed by atoms with Gasteiger partial charge in [-0.1, -0.05) is 17.7 Å². The fourth-order valence-corrected chi connectivity index (χ4v) is 4.57. The summed E-state index contributed by atoms with van der Waals surface area (Å²) in [5, 5.41) is 6.08. The maximum atomic E-state index is 14.0. The van der Waals surface area contributed by atoms with E-state index in [0.717, 1.165) is 6.42 Å². The molecule has 1 aromatic heterocycles. The third kappa shape index (κ3) is 3.01. The number of fused-ring (bicyclic) bond motifs is 1. The van der Waals surface area contributed by atoms with Crippen molar-refractivity contribution in [1.82, 2.24) is 5.32 Å². The standard InChI is InChI=1S/C17H19ClFNS/c1-20-16(10-13-14(18)5-3-6-15(13)19)11-4-2-7-17-12(11)8-9-21-17/h3,5-6,8-9,11,16,20H,2,4,7,10H2,1H3. The average molecular weight is 324 g/mol. The van der Waals surface area contributed by atoms with Crippen molar-refractivity contribution in [3.63, 3.8) is 0 Å². The molecule has 0 bridgehead atoms. The largest absolute Gasteiger partial charge is 0.316 e. The molecule has 1 aliphatic carbocycles. The van der Waals surface area contributed by atoms with E-state index in [-0.39, 0.29) is 11.9 Å². The Morgan fingerprint density at radius 3 is 3.05 bits per heavy atom. The zero-order valence-electron chi connectivity index (χ0n) is 12.0. The highest BCUT2D eigenvalue weighted by atomic mass is 35.5. The van der Waals surface area contributed by atoms with Gasteiger partial charge >= 0.3 is 0 Å². The number of nitrogens with one attached hydrogen (secondary N) is 1. The van der Waals surface area contributed by atoms with Crippen LogP contribution in [0.5, 0.6) is 0 Å². The summed E-state index contributed by atoms with van der Waals surface area (Å²) in [7, 11) is 1.96. The molecule has 0 fully saturated rings. The second kappa shape index (κ2) is 6.47. The van der Waals surface area contributed by atoms with Crippen LogP contribution in [0.4, 0.5) is 4.39 Å². The van der Waals surface area contributed by atoms with Gasteiger partial charge in [0.1, 0.15) is 5.82 Å². The number of aryl methyl sites for hydroxylation is 1. The van der Waals surface area contributed by atoms with Gasteiger partial charge in [0.15, 0.2) is 0 Å². The monoisotopic (exact) mass is 323 g/mol. The van der Waals surface area contributed by atoms with Gasteiger partial charge in [-0.25, -0.2) is 4.39 Å². The smallest absolute Gasteiger partial charge is 0.127 e. The summed E-state index contributed by atoms with van der Waals surface area (Å²) in [6.07, 6.45) is 4.17. The van der Waals surface area contributed by atoms with Crippen LogP contribution in [0.15, 0.2) is 29.6 Å². The van der Waals surface area contributed by atoms with Crippen LogP contribution < -0.4 is 5.32 Å². The molecule has 112 valence electrons. The van der Waals surface area contributed by atoms with Gasteiger partial charge in [0.25, 0.3) is 0 Å². The molecule has 1 aromatic carbocycles. The average Bonchev–Trinajstić information content (AvgIpc) is 2.96. The Balaban J connectivity index is 1.87. The van der Waals surface area contributed by atoms with Gasteiger partial charge in [0.2, 0.25) is 0 Å². The quantitative estimate of drug-likeness (QED) is 0.853. The highest BCUT2D eigenvalue weighted by Crippen LogP contribution is 2.38. The molecular formula is C17H19ClFNS. The topological polar surface area (TPSA) is 12.0 Å². The predicted octanol–water partition coefficient (Wildman–Crippen LogP) is 4.79. The van der Waals surface area contributed by atoms with Gasteiger partial charge < -0.3 is 5.32 Å². The van der Waals surface area contributed by atoms with Gasteiger partial charge in [0, 0.05) is 27.4 Å². The summed E-state index contributed by atoms with van der Waals surface area (Å²) >= 11 is 8.02. The second-order valence-corrected chi connectivity index (χ2v) is 7.01. The minimum absolute atomic E-state index is 0.205. The first-order chi connectivity index (χ1) is 10.2. The number of thiophene rings is 1. The van der Waals surface area contributed by atoms with Crippen LogP contribution in [0.3, 0.4) is 0 Å². The van der Waals surface area contributed by atoms with Crippen LogP contribution in [0.1, 0.15) is 34.8 Å². The SMILES string of the molecule is CNC(Cc1c(F)cccc1Cl)C1CCCc2sccc21. The predicted molar refractivity (Wildman–Crippen MR) is 88.0 cm³/mol. The molecule has 0 spiro atoms. The third-order valence-corrected chi connectivity index (χ3v) is 5.79. The molecule has 0 saturated heterocycles. The van der Waals surface area contributed by atoms with E-state index < -0.39 is 0 Å². The molecule has 2 aromatic rings. The Bertz CT molecular complexity index is 605. The van der Waals surface area contributed by atoms with E-state index in [2.05, 4.69) is 16.8 Å². The first-order valence-electron chi connectivity index (χ1n) is 7.37. The lowest BCUT2D eigenvalue weighted by Gasteiger charge is -2.31. The fourth-order valence-electron chi connectivity index (χ4n) is 3.33. The number of hydrogen-bond acceptors (Lipinski definition) is 2. The lowest BCUT2D eigenvalue weighted by molar-refractivity contribution is 0.409. The molecule has 2 unspecified atom stereocenters. The van der Waals surface area contributed by atoms with Gasteiger partial charge in [-0.3, -0.25) is 0 Å². The molecule has 1 N–H and O–H groups in total. The lowest BCUT2D eigenvalue weighted by Crippen LogP contribution is -2.36. The fraction of sp³-hybridized carbons (Fsp3) is 0.412. The van der Waals surface area contributed by atoms with Crippen molar-refractivity contribution in [2.75, 3.05) is 7.05 Å². The zero-order valence-corrected chi connectivity index (χ0v) is 13.6. The molecule has 2 atom stereocenters. The normalized spacial score (nSPS) is 19.3. The molecule has 1 nitrogen and oxygen atoms in total. The van der Waals surface area contributed by atoms with Gasteiger partial charge in [0.05, 0.1) is 0 Å². The number of halogens is 2. The first-order valence-corrected chi connectivity index (χ1v) is 8.63. The van der Waals surface area contributed by atoms with Gasteiger partial charge in [-0.2, -0.15) is 0 Å². The van der Waals surface area contributed by atoms with Crippen LogP contribution in [0, 0.1) is 5.82 Å². The van der Waals surface area contributed by atoms with E-state index in [0.29, 0.717) is 22.9 Å². The Hall–Kier alpha value is -0.900. The van der Waals surface area contributed by atoms with Gasteiger partial charge in [-0.15, -0.1) is 11.3 Å². The Kier molecular flexibility index (Phi) is 4.63. The maximum Gasteiger partial charge on any atom is 0.127 e. The molecule has 0 aliphatic heterocycles. The lowest BCUT2D eigenvalue weighted by atomic mass is 9.80. The van der Waals surface area contributed by atoms with E-state index in [1.165, 1.54) is 29.3 Å². The van der Waals surface area contributed by atoms with Crippen LogP contribution in [-0.2, 0) is 12.8 Å². The van der Waals surface area contributed by atoms with Crippen molar-refractivity contribution >= 4 is 22.9 Å². The van der Waals surface area contributed by atoms with E-state index in [9.17, 15) is 4.39 Å². The third-order valence-electron chi connectivity index (χ3n) is 4.44. The van der Waals surface area contributed by atoms with E-state index >= 15 is 0 Å². The minimum atomic E-state index is -0.205. The molecule has 1 aliphatic rings. The molecule has 1 heterocycles. The molecule has 3 rings (SSSR count). The van der Waals surface area contributed by atoms with Crippen LogP contribution in [-0.4, -0.2) is 13.1 Å². The molecular weight excluding hydrogens is 305 g/mol. The second-order valence-electron chi connectivity index (χ2n) is 5.60. The summed E-state index contributed by atoms with van der Waals surface area (Å²) in [4.78, 5) is 1.49. The number of hydrogen-bond donors (Lipinski definition) is 1. The van der Waals surface area contributed by atoms with Crippen molar-refractivity contribution in [3.05, 3.63) is 56.5 Å². The molecule has 4 heteroatoms. The molecule has 0 saturated carbocycles. The summed E-state index contributed by atoms with van der Waals surface area (Å²) in [6, 6.07) is 7.37. The maximum absolute atomic E-state index is 14.0. The molecule has 21 heavy (non-hydrogen) atoms. The highest BCUT2D eigenvalue weighted by Gasteiger charge is 2.29. The Morgan fingerprint density at radius 2 is 2.29 bits per heavy atom. The Labute approximate surface area is 134 Å². The van der Waals surface area contributed by atoms with Crippen molar-refractivity contribution in [3.8, 4) is 0 Å². The minimum Gasteiger partial charge on any atom is -0.316 e. The summed E-state index contributed by atoms with van der Waals surface area (Å²) in [5.74, 6) is 0.241. The van der Waals surface area contributed by atoms with Crippen molar-refractivity contribution in [2.24, 2.45) is 0 Å². The van der Waals surface area contributed by atoms with E-state index in [1.807, 2.05) is 18.4 Å². The van der Waals surface area contributed by atoms with Crippen LogP contribution in [0.2, 0.25) is 5.02 Å². The summed E-state index contributed by atoms with van der Waals surface area (Å²) < 4.78 is 14.0. The Morgan fingerprint density at radius 1 is 1.43 bits per heavy atom. The first kappa shape index (κ1) is 15.0. The van der Waals surface area contributed by atoms with Gasteiger partial charge in [-0.05, 0) is 61.9 Å². The number of benzene rings is 1. The van der Waals surface area contributed by atoms with E-state index in [4.69, 9.17) is 11.6 Å². The van der Waals surface area contributed by atoms with Crippen molar-refractivity contribution in [2.45, 2.75) is 37.6 Å². The van der Waals surface area contributed by atoms with Crippen molar-refractivity contribution in [1.29, 1.82) is 0 Å². The number of likely N-dealkylation sites (N-methyl/N-ethyl adjacent to an activating group) is 1. The molecule has 0 amide bonds. The number of rotatable bonds is 4. The molecule has 0 radical (unpaired) electrons. The summed E-state index contributed by atoms with van der Waals surface area (Å²) in [6.45, 7) is 0. The highest BCUT2D eigenvalue weighted by molar-refractivity contribution is 7.10.